The molecule has 1 aliphatic rings. The van der Waals surface area contributed by atoms with E-state index in [9.17, 15) is 4.79 Å². The quantitative estimate of drug-likeness (QED) is 0.834. The van der Waals surface area contributed by atoms with Gasteiger partial charge in [0.05, 0.1) is 0 Å². The molecule has 1 atom stereocenters. The summed E-state index contributed by atoms with van der Waals surface area (Å²) in [5.74, 6) is 0.849. The van der Waals surface area contributed by atoms with Crippen molar-refractivity contribution in [3.05, 3.63) is 29.8 Å². The van der Waals surface area contributed by atoms with E-state index < -0.39 is 0 Å². The lowest BCUT2D eigenvalue weighted by atomic mass is 10.2. The Labute approximate surface area is 127 Å². The van der Waals surface area contributed by atoms with Crippen LogP contribution in [0.1, 0.15) is 25.8 Å². The molecule has 1 aromatic carbocycles. The lowest BCUT2D eigenvalue weighted by molar-refractivity contribution is -0.135. The van der Waals surface area contributed by atoms with E-state index in [1.54, 1.807) is 0 Å². The van der Waals surface area contributed by atoms with E-state index in [0.717, 1.165) is 43.9 Å². The van der Waals surface area contributed by atoms with Crippen molar-refractivity contribution >= 4 is 5.91 Å². The van der Waals surface area contributed by atoms with Crippen LogP contribution in [0.3, 0.4) is 0 Å². The first-order valence-corrected chi connectivity index (χ1v) is 7.81. The van der Waals surface area contributed by atoms with E-state index in [1.165, 1.54) is 0 Å². The topological polar surface area (TPSA) is 32.8 Å². The highest BCUT2D eigenvalue weighted by atomic mass is 16.5. The maximum Gasteiger partial charge on any atom is 0.260 e. The van der Waals surface area contributed by atoms with Crippen LogP contribution >= 0.6 is 0 Å². The van der Waals surface area contributed by atoms with Crippen LogP contribution < -0.4 is 4.74 Å². The molecule has 0 saturated carbocycles. The maximum absolute atomic E-state index is 12.2. The Morgan fingerprint density at radius 2 is 2.00 bits per heavy atom. The average Bonchev–Trinajstić information content (AvgIpc) is 2.52. The number of rotatable bonds is 5. The van der Waals surface area contributed by atoms with Crippen LogP contribution in [-0.4, -0.2) is 54.5 Å². The SMILES string of the molecule is CC[C@@H](C)N1CCN(C(=O)COc2cccc(C)c2)CC1. The first-order valence-electron chi connectivity index (χ1n) is 7.81. The Hall–Kier alpha value is -1.55. The van der Waals surface area contributed by atoms with Gasteiger partial charge in [0.2, 0.25) is 0 Å². The molecular weight excluding hydrogens is 264 g/mol. The summed E-state index contributed by atoms with van der Waals surface area (Å²) in [6.45, 7) is 10.1. The maximum atomic E-state index is 12.2. The number of aryl methyl sites for hydroxylation is 1. The molecule has 1 aliphatic heterocycles. The minimum absolute atomic E-state index is 0.0836. The molecule has 0 N–H and O–H groups in total. The summed E-state index contributed by atoms with van der Waals surface area (Å²) in [5.41, 5.74) is 1.14. The fraction of sp³-hybridized carbons (Fsp3) is 0.588. The van der Waals surface area contributed by atoms with Gasteiger partial charge < -0.3 is 9.64 Å². The van der Waals surface area contributed by atoms with Crippen molar-refractivity contribution in [2.75, 3.05) is 32.8 Å². The van der Waals surface area contributed by atoms with Gasteiger partial charge in [0, 0.05) is 32.2 Å². The van der Waals surface area contributed by atoms with Crippen molar-refractivity contribution in [3.63, 3.8) is 0 Å². The molecule has 116 valence electrons. The second-order valence-corrected chi connectivity index (χ2v) is 5.78. The van der Waals surface area contributed by atoms with Gasteiger partial charge in [0.15, 0.2) is 6.61 Å². The van der Waals surface area contributed by atoms with E-state index in [4.69, 9.17) is 4.74 Å². The third kappa shape index (κ3) is 4.46. The zero-order chi connectivity index (χ0) is 15.2. The van der Waals surface area contributed by atoms with Crippen LogP contribution in [-0.2, 0) is 4.79 Å². The summed E-state index contributed by atoms with van der Waals surface area (Å²) in [7, 11) is 0. The third-order valence-electron chi connectivity index (χ3n) is 4.23. The molecule has 0 unspecified atom stereocenters. The minimum Gasteiger partial charge on any atom is -0.484 e. The van der Waals surface area contributed by atoms with Crippen LogP contribution in [0.15, 0.2) is 24.3 Å². The number of carbonyl (C=O) groups excluding carboxylic acids is 1. The van der Waals surface area contributed by atoms with E-state index in [2.05, 4.69) is 18.7 Å². The van der Waals surface area contributed by atoms with Gasteiger partial charge in [-0.25, -0.2) is 0 Å². The third-order valence-corrected chi connectivity index (χ3v) is 4.23. The molecule has 4 nitrogen and oxygen atoms in total. The molecule has 1 fully saturated rings. The van der Waals surface area contributed by atoms with Crippen LogP contribution in [0, 0.1) is 6.92 Å². The molecule has 0 aliphatic carbocycles. The highest BCUT2D eigenvalue weighted by Gasteiger charge is 2.23. The zero-order valence-electron chi connectivity index (χ0n) is 13.3. The number of ether oxygens (including phenoxy) is 1. The van der Waals surface area contributed by atoms with Crippen LogP contribution in [0.5, 0.6) is 5.75 Å². The summed E-state index contributed by atoms with van der Waals surface area (Å²) in [6.07, 6.45) is 1.16. The van der Waals surface area contributed by atoms with Gasteiger partial charge in [-0.1, -0.05) is 19.1 Å². The predicted molar refractivity (Wildman–Crippen MR) is 84.6 cm³/mol. The Balaban J connectivity index is 1.77. The summed E-state index contributed by atoms with van der Waals surface area (Å²) in [6, 6.07) is 8.41. The second-order valence-electron chi connectivity index (χ2n) is 5.78. The standard InChI is InChI=1S/C17H26N2O2/c1-4-15(3)18-8-10-19(11-9-18)17(20)13-21-16-7-5-6-14(2)12-16/h5-7,12,15H,4,8-11,13H2,1-3H3/t15-/m1/s1. The largest absolute Gasteiger partial charge is 0.484 e. The number of nitrogens with zero attached hydrogens (tertiary/aromatic N) is 2. The number of hydrogen-bond acceptors (Lipinski definition) is 3. The average molecular weight is 290 g/mol. The monoisotopic (exact) mass is 290 g/mol. The van der Waals surface area contributed by atoms with Crippen molar-refractivity contribution < 1.29 is 9.53 Å². The minimum atomic E-state index is 0.0836. The fourth-order valence-electron chi connectivity index (χ4n) is 2.61. The first kappa shape index (κ1) is 15.8. The smallest absolute Gasteiger partial charge is 0.260 e. The summed E-state index contributed by atoms with van der Waals surface area (Å²) in [4.78, 5) is 16.5. The van der Waals surface area contributed by atoms with Gasteiger partial charge in [-0.2, -0.15) is 0 Å². The highest BCUT2D eigenvalue weighted by Crippen LogP contribution is 2.13. The molecule has 0 spiro atoms. The number of benzene rings is 1. The molecule has 4 heteroatoms. The van der Waals surface area contributed by atoms with Crippen molar-refractivity contribution in [3.8, 4) is 5.75 Å². The van der Waals surface area contributed by atoms with E-state index in [1.807, 2.05) is 36.1 Å². The van der Waals surface area contributed by atoms with E-state index in [0.29, 0.717) is 6.04 Å². The van der Waals surface area contributed by atoms with Crippen molar-refractivity contribution in [2.45, 2.75) is 33.2 Å². The fourth-order valence-corrected chi connectivity index (χ4v) is 2.61. The van der Waals surface area contributed by atoms with Gasteiger partial charge in [-0.3, -0.25) is 9.69 Å². The second kappa shape index (κ2) is 7.46. The van der Waals surface area contributed by atoms with Crippen LogP contribution in [0.2, 0.25) is 0 Å². The van der Waals surface area contributed by atoms with Crippen LogP contribution in [0.25, 0.3) is 0 Å². The van der Waals surface area contributed by atoms with E-state index >= 15 is 0 Å². The van der Waals surface area contributed by atoms with Gasteiger partial charge in [-0.05, 0) is 38.0 Å². The summed E-state index contributed by atoms with van der Waals surface area (Å²) < 4.78 is 5.59. The number of hydrogen-bond donors (Lipinski definition) is 0. The molecule has 1 amide bonds. The van der Waals surface area contributed by atoms with Gasteiger partial charge in [0.25, 0.3) is 5.91 Å². The van der Waals surface area contributed by atoms with Crippen molar-refractivity contribution in [1.29, 1.82) is 0 Å². The molecule has 1 aromatic rings. The zero-order valence-corrected chi connectivity index (χ0v) is 13.3. The summed E-state index contributed by atoms with van der Waals surface area (Å²) in [5, 5.41) is 0. The molecule has 0 bridgehead atoms. The van der Waals surface area contributed by atoms with Gasteiger partial charge in [-0.15, -0.1) is 0 Å². The molecular formula is C17H26N2O2. The van der Waals surface area contributed by atoms with Gasteiger partial charge in [0.1, 0.15) is 5.75 Å². The Morgan fingerprint density at radius 1 is 1.29 bits per heavy atom. The summed E-state index contributed by atoms with van der Waals surface area (Å²) >= 11 is 0. The van der Waals surface area contributed by atoms with Crippen molar-refractivity contribution in [1.82, 2.24) is 9.80 Å². The molecule has 0 radical (unpaired) electrons. The number of piperazine rings is 1. The number of amides is 1. The molecule has 1 heterocycles. The Kier molecular flexibility index (Phi) is 5.62. The first-order chi connectivity index (χ1) is 10.1. The van der Waals surface area contributed by atoms with Crippen molar-refractivity contribution in [2.24, 2.45) is 0 Å². The molecule has 1 saturated heterocycles. The Bertz CT molecular complexity index is 468. The lowest BCUT2D eigenvalue weighted by Crippen LogP contribution is -2.52. The normalized spacial score (nSPS) is 17.6. The number of carbonyl (C=O) groups is 1. The highest BCUT2D eigenvalue weighted by molar-refractivity contribution is 5.77. The lowest BCUT2D eigenvalue weighted by Gasteiger charge is -2.37. The molecule has 21 heavy (non-hydrogen) atoms. The van der Waals surface area contributed by atoms with E-state index in [-0.39, 0.29) is 12.5 Å². The van der Waals surface area contributed by atoms with Gasteiger partial charge >= 0.3 is 0 Å². The molecule has 0 aromatic heterocycles. The predicted octanol–water partition coefficient (Wildman–Crippen LogP) is 2.32. The Morgan fingerprint density at radius 3 is 2.62 bits per heavy atom. The van der Waals surface area contributed by atoms with Crippen LogP contribution in [0.4, 0.5) is 0 Å². The molecule has 2 rings (SSSR count).